The molecule has 2 aromatic rings. The fourth-order valence-electron chi connectivity index (χ4n) is 1.55. The first-order valence-corrected chi connectivity index (χ1v) is 5.75. The molecule has 0 aromatic heterocycles. The lowest BCUT2D eigenvalue weighted by Crippen LogP contribution is -2.00. The van der Waals surface area contributed by atoms with Crippen LogP contribution in [0.1, 0.15) is 17.2 Å². The van der Waals surface area contributed by atoms with Gasteiger partial charge in [-0.25, -0.2) is 8.78 Å². The Bertz CT molecular complexity index is 543. The van der Waals surface area contributed by atoms with E-state index in [-0.39, 0.29) is 4.47 Å². The van der Waals surface area contributed by atoms with E-state index < -0.39 is 17.7 Å². The zero-order valence-electron chi connectivity index (χ0n) is 8.70. The molecule has 0 amide bonds. The van der Waals surface area contributed by atoms with Gasteiger partial charge in [0, 0.05) is 0 Å². The van der Waals surface area contributed by atoms with Gasteiger partial charge in [-0.1, -0.05) is 18.2 Å². The first-order chi connectivity index (χ1) is 8.08. The van der Waals surface area contributed by atoms with E-state index in [1.807, 2.05) is 0 Å². The molecule has 0 radical (unpaired) electrons. The Hall–Kier alpha value is -1.26. The van der Waals surface area contributed by atoms with Crippen LogP contribution in [0.4, 0.5) is 8.78 Å². The molecular formula is C13H9BrF2O. The van der Waals surface area contributed by atoms with Crippen molar-refractivity contribution in [1.29, 1.82) is 0 Å². The van der Waals surface area contributed by atoms with Crippen LogP contribution >= 0.6 is 15.9 Å². The summed E-state index contributed by atoms with van der Waals surface area (Å²) in [6.45, 7) is 0. The lowest BCUT2D eigenvalue weighted by Gasteiger charge is -2.12. The lowest BCUT2D eigenvalue weighted by molar-refractivity contribution is 0.219. The standard InChI is InChI=1S/C13H9BrF2O/c14-11-7-9(4-5-12(11)16)13(17)8-2-1-3-10(15)6-8/h1-7,13,17H. The summed E-state index contributed by atoms with van der Waals surface area (Å²) in [6, 6.07) is 9.89. The van der Waals surface area contributed by atoms with Gasteiger partial charge in [0.05, 0.1) is 4.47 Å². The molecule has 88 valence electrons. The summed E-state index contributed by atoms with van der Waals surface area (Å²) in [7, 11) is 0. The quantitative estimate of drug-likeness (QED) is 0.894. The minimum atomic E-state index is -0.970. The molecule has 4 heteroatoms. The Morgan fingerprint density at radius 3 is 2.35 bits per heavy atom. The van der Waals surface area contributed by atoms with Gasteiger partial charge in [-0.15, -0.1) is 0 Å². The fraction of sp³-hybridized carbons (Fsp3) is 0.0769. The minimum absolute atomic E-state index is 0.269. The van der Waals surface area contributed by atoms with E-state index in [0.717, 1.165) is 0 Å². The number of benzene rings is 2. The molecule has 0 aliphatic rings. The molecule has 0 saturated carbocycles. The average molecular weight is 299 g/mol. The highest BCUT2D eigenvalue weighted by atomic mass is 79.9. The first-order valence-electron chi connectivity index (χ1n) is 4.96. The maximum atomic E-state index is 13.0. The van der Waals surface area contributed by atoms with Crippen LogP contribution in [-0.2, 0) is 0 Å². The molecule has 1 nitrogen and oxygen atoms in total. The van der Waals surface area contributed by atoms with Crippen LogP contribution in [0.3, 0.4) is 0 Å². The second-order valence-electron chi connectivity index (χ2n) is 3.63. The summed E-state index contributed by atoms with van der Waals surface area (Å²) in [5.74, 6) is -0.817. The first kappa shape index (κ1) is 12.2. The van der Waals surface area contributed by atoms with Gasteiger partial charge in [-0.3, -0.25) is 0 Å². The highest BCUT2D eigenvalue weighted by molar-refractivity contribution is 9.10. The molecule has 2 aromatic carbocycles. The molecule has 0 spiro atoms. The van der Waals surface area contributed by atoms with Crippen molar-refractivity contribution in [3.8, 4) is 0 Å². The maximum Gasteiger partial charge on any atom is 0.137 e. The third kappa shape index (κ3) is 2.70. The SMILES string of the molecule is OC(c1cccc(F)c1)c1ccc(F)c(Br)c1. The molecule has 0 bridgehead atoms. The molecule has 0 aliphatic heterocycles. The van der Waals surface area contributed by atoms with E-state index in [9.17, 15) is 13.9 Å². The normalized spacial score (nSPS) is 12.5. The molecule has 1 N–H and O–H groups in total. The van der Waals surface area contributed by atoms with Gasteiger partial charge in [-0.2, -0.15) is 0 Å². The van der Waals surface area contributed by atoms with E-state index in [2.05, 4.69) is 15.9 Å². The van der Waals surface area contributed by atoms with Gasteiger partial charge in [-0.05, 0) is 51.3 Å². The number of hydrogen-bond acceptors (Lipinski definition) is 1. The Morgan fingerprint density at radius 1 is 1.00 bits per heavy atom. The topological polar surface area (TPSA) is 20.2 Å². The molecule has 17 heavy (non-hydrogen) atoms. The molecule has 0 fully saturated rings. The van der Waals surface area contributed by atoms with Crippen molar-refractivity contribution < 1.29 is 13.9 Å². The lowest BCUT2D eigenvalue weighted by atomic mass is 10.0. The van der Waals surface area contributed by atoms with Crippen molar-refractivity contribution in [2.75, 3.05) is 0 Å². The Morgan fingerprint density at radius 2 is 1.71 bits per heavy atom. The van der Waals surface area contributed by atoms with Gasteiger partial charge in [0.2, 0.25) is 0 Å². The summed E-state index contributed by atoms with van der Waals surface area (Å²) in [4.78, 5) is 0. The summed E-state index contributed by atoms with van der Waals surface area (Å²) >= 11 is 3.04. The molecule has 0 saturated heterocycles. The van der Waals surface area contributed by atoms with E-state index in [4.69, 9.17) is 0 Å². The Kier molecular flexibility index (Phi) is 3.54. The summed E-state index contributed by atoms with van der Waals surface area (Å²) in [5, 5.41) is 10.0. The van der Waals surface area contributed by atoms with Crippen LogP contribution < -0.4 is 0 Å². The number of aliphatic hydroxyl groups excluding tert-OH is 1. The fourth-order valence-corrected chi connectivity index (χ4v) is 1.95. The van der Waals surface area contributed by atoms with Gasteiger partial charge >= 0.3 is 0 Å². The molecular weight excluding hydrogens is 290 g/mol. The van der Waals surface area contributed by atoms with Gasteiger partial charge in [0.1, 0.15) is 17.7 Å². The number of rotatable bonds is 2. The van der Waals surface area contributed by atoms with Gasteiger partial charge < -0.3 is 5.11 Å². The highest BCUT2D eigenvalue weighted by Crippen LogP contribution is 2.26. The second-order valence-corrected chi connectivity index (χ2v) is 4.49. The van der Waals surface area contributed by atoms with Crippen LogP contribution in [0.2, 0.25) is 0 Å². The summed E-state index contributed by atoms with van der Waals surface area (Å²) in [6.07, 6.45) is -0.970. The van der Waals surface area contributed by atoms with Crippen LogP contribution in [0.5, 0.6) is 0 Å². The van der Waals surface area contributed by atoms with E-state index in [1.165, 1.54) is 36.4 Å². The smallest absolute Gasteiger partial charge is 0.137 e. The zero-order valence-corrected chi connectivity index (χ0v) is 10.3. The number of halogens is 3. The molecule has 1 unspecified atom stereocenters. The monoisotopic (exact) mass is 298 g/mol. The van der Waals surface area contributed by atoms with Crippen molar-refractivity contribution in [3.05, 3.63) is 69.7 Å². The summed E-state index contributed by atoms with van der Waals surface area (Å²) in [5.41, 5.74) is 0.937. The van der Waals surface area contributed by atoms with Crippen LogP contribution in [-0.4, -0.2) is 5.11 Å². The predicted octanol–water partition coefficient (Wildman–Crippen LogP) is 3.81. The van der Waals surface area contributed by atoms with Crippen molar-refractivity contribution in [3.63, 3.8) is 0 Å². The highest BCUT2D eigenvalue weighted by Gasteiger charge is 2.12. The van der Waals surface area contributed by atoms with Crippen molar-refractivity contribution in [2.24, 2.45) is 0 Å². The van der Waals surface area contributed by atoms with Gasteiger partial charge in [0.25, 0.3) is 0 Å². The Labute approximate surface area is 106 Å². The van der Waals surface area contributed by atoms with Crippen LogP contribution in [0, 0.1) is 11.6 Å². The van der Waals surface area contributed by atoms with Crippen molar-refractivity contribution >= 4 is 15.9 Å². The third-order valence-corrected chi connectivity index (χ3v) is 3.03. The predicted molar refractivity (Wildman–Crippen MR) is 64.6 cm³/mol. The number of aliphatic hydroxyl groups is 1. The van der Waals surface area contributed by atoms with Crippen molar-refractivity contribution in [2.45, 2.75) is 6.10 Å². The van der Waals surface area contributed by atoms with Crippen LogP contribution in [0.25, 0.3) is 0 Å². The second kappa shape index (κ2) is 4.94. The van der Waals surface area contributed by atoms with E-state index in [0.29, 0.717) is 11.1 Å². The molecule has 2 rings (SSSR count). The zero-order chi connectivity index (χ0) is 12.4. The molecule has 0 heterocycles. The maximum absolute atomic E-state index is 13.0. The van der Waals surface area contributed by atoms with Crippen LogP contribution in [0.15, 0.2) is 46.9 Å². The third-order valence-electron chi connectivity index (χ3n) is 2.42. The molecule has 0 aliphatic carbocycles. The minimum Gasteiger partial charge on any atom is -0.384 e. The number of hydrogen-bond donors (Lipinski definition) is 1. The Balaban J connectivity index is 2.36. The van der Waals surface area contributed by atoms with Gasteiger partial charge in [0.15, 0.2) is 0 Å². The average Bonchev–Trinajstić information content (AvgIpc) is 2.32. The van der Waals surface area contributed by atoms with Crippen molar-refractivity contribution in [1.82, 2.24) is 0 Å². The largest absolute Gasteiger partial charge is 0.384 e. The van der Waals surface area contributed by atoms with E-state index >= 15 is 0 Å². The van der Waals surface area contributed by atoms with E-state index in [1.54, 1.807) is 6.07 Å². The summed E-state index contributed by atoms with van der Waals surface area (Å²) < 4.78 is 26.3. The molecule has 1 atom stereocenters.